The average molecular weight is 144 g/mol. The van der Waals surface area contributed by atoms with Crippen LogP contribution in [0.2, 0.25) is 0 Å². The molecule has 0 spiro atoms. The zero-order valence-corrected chi connectivity index (χ0v) is 4.00. The molecule has 16 N–H and O–H groups in total. The Morgan fingerprint density at radius 3 is 0.125 bits per heavy atom. The van der Waals surface area contributed by atoms with Crippen LogP contribution in [0.5, 0.6) is 0 Å². The maximum Gasteiger partial charge on any atom is -0.412 e. The maximum atomic E-state index is 0. The van der Waals surface area contributed by atoms with Crippen molar-refractivity contribution in [3.63, 3.8) is 0 Å². The SMILES string of the molecule is O.O.O.O.O.O.O.O. The molecule has 0 aromatic rings. The van der Waals surface area contributed by atoms with E-state index in [0.29, 0.717) is 0 Å². The second-order valence-electron chi connectivity index (χ2n) is 0. The van der Waals surface area contributed by atoms with Gasteiger partial charge in [0.15, 0.2) is 0 Å². The van der Waals surface area contributed by atoms with E-state index in [0.717, 1.165) is 0 Å². The molecule has 0 aliphatic rings. The van der Waals surface area contributed by atoms with E-state index < -0.39 is 0 Å². The van der Waals surface area contributed by atoms with Crippen LogP contribution >= 0.6 is 0 Å². The number of hydrogen-bond donors (Lipinski definition) is 0. The summed E-state index contributed by atoms with van der Waals surface area (Å²) in [6.07, 6.45) is 0. The van der Waals surface area contributed by atoms with Crippen LogP contribution in [-0.4, -0.2) is 43.8 Å². The topological polar surface area (TPSA) is 252 Å². The van der Waals surface area contributed by atoms with Crippen molar-refractivity contribution >= 4 is 0 Å². The Bertz CT molecular complexity index is 0. The van der Waals surface area contributed by atoms with Crippen LogP contribution in [-0.2, 0) is 0 Å². The summed E-state index contributed by atoms with van der Waals surface area (Å²) < 4.78 is 0. The molecule has 0 aromatic carbocycles. The van der Waals surface area contributed by atoms with E-state index >= 15 is 0 Å². The summed E-state index contributed by atoms with van der Waals surface area (Å²) in [6, 6.07) is 0. The van der Waals surface area contributed by atoms with Gasteiger partial charge in [0.2, 0.25) is 0 Å². The van der Waals surface area contributed by atoms with E-state index in [1.54, 1.807) is 0 Å². The molecule has 0 saturated carbocycles. The molecule has 0 atom stereocenters. The lowest BCUT2D eigenvalue weighted by Gasteiger charge is -0.413. The van der Waals surface area contributed by atoms with Crippen molar-refractivity contribution in [2.24, 2.45) is 0 Å². The lowest BCUT2D eigenvalue weighted by molar-refractivity contribution is 0.823. The van der Waals surface area contributed by atoms with Crippen molar-refractivity contribution < 1.29 is 43.8 Å². The number of rotatable bonds is 0. The van der Waals surface area contributed by atoms with Crippen molar-refractivity contribution in [1.82, 2.24) is 0 Å². The van der Waals surface area contributed by atoms with E-state index in [1.807, 2.05) is 0 Å². The smallest absolute Gasteiger partial charge is 0.412 e. The van der Waals surface area contributed by atoms with Crippen molar-refractivity contribution in [3.8, 4) is 0 Å². The fourth-order valence-corrected chi connectivity index (χ4v) is 0. The summed E-state index contributed by atoms with van der Waals surface area (Å²) in [5.41, 5.74) is 0. The third kappa shape index (κ3) is 1210. The molecule has 0 heterocycles. The van der Waals surface area contributed by atoms with Gasteiger partial charge in [-0.05, 0) is 0 Å². The first-order chi connectivity index (χ1) is 0. The van der Waals surface area contributed by atoms with Gasteiger partial charge in [0, 0.05) is 0 Å². The van der Waals surface area contributed by atoms with Gasteiger partial charge in [-0.25, -0.2) is 0 Å². The number of hydrogen-bond acceptors (Lipinski definition) is 0. The van der Waals surface area contributed by atoms with E-state index in [9.17, 15) is 0 Å². The molecular weight excluding hydrogens is 128 g/mol. The zero-order chi connectivity index (χ0) is 0. The summed E-state index contributed by atoms with van der Waals surface area (Å²) in [5, 5.41) is 0. The first-order valence-electron chi connectivity index (χ1n) is 0. The summed E-state index contributed by atoms with van der Waals surface area (Å²) in [6.45, 7) is 0. The zero-order valence-electron chi connectivity index (χ0n) is 4.00. The molecule has 8 heavy (non-hydrogen) atoms. The molecule has 0 amide bonds. The molecule has 8 heteroatoms. The predicted octanol–water partition coefficient (Wildman–Crippen LogP) is -6.60. The van der Waals surface area contributed by atoms with Gasteiger partial charge in [-0.3, -0.25) is 0 Å². The summed E-state index contributed by atoms with van der Waals surface area (Å²) in [5.74, 6) is 0. The van der Waals surface area contributed by atoms with Crippen LogP contribution in [0.15, 0.2) is 0 Å². The molecule has 8 nitrogen and oxygen atoms in total. The Kier molecular flexibility index (Phi) is 880000. The Hall–Kier alpha value is -0.320. The van der Waals surface area contributed by atoms with Crippen molar-refractivity contribution in [1.29, 1.82) is 0 Å². The van der Waals surface area contributed by atoms with Crippen molar-refractivity contribution in [2.45, 2.75) is 0 Å². The van der Waals surface area contributed by atoms with Crippen LogP contribution in [0.25, 0.3) is 0 Å². The highest BCUT2D eigenvalue weighted by Crippen LogP contribution is -0.282. The lowest BCUT2D eigenvalue weighted by atomic mass is 16.0. The second kappa shape index (κ2) is 2100. The van der Waals surface area contributed by atoms with E-state index in [2.05, 4.69) is 0 Å². The fraction of sp³-hybridized carbons (Fsp3) is 0. The average Bonchev–Trinajstić information content (AvgIpc) is 0. The van der Waals surface area contributed by atoms with Crippen LogP contribution < -0.4 is 0 Å². The molecule has 0 unspecified atom stereocenters. The Labute approximate surface area is 45.2 Å². The predicted molar refractivity (Wildman–Crippen MR) is 28.9 cm³/mol. The molecule has 0 fully saturated rings. The van der Waals surface area contributed by atoms with Crippen molar-refractivity contribution in [2.75, 3.05) is 0 Å². The summed E-state index contributed by atoms with van der Waals surface area (Å²) in [4.78, 5) is 0. The van der Waals surface area contributed by atoms with Crippen molar-refractivity contribution in [3.05, 3.63) is 0 Å². The lowest BCUT2D eigenvalue weighted by Crippen LogP contribution is -0.290. The molecule has 0 rings (SSSR count). The largest absolute Gasteiger partial charge is 0.412 e. The maximum absolute atomic E-state index is 0. The molecule has 64 valence electrons. The van der Waals surface area contributed by atoms with Gasteiger partial charge in [0.25, 0.3) is 0 Å². The van der Waals surface area contributed by atoms with Gasteiger partial charge in [-0.15, -0.1) is 0 Å². The Morgan fingerprint density at radius 2 is 0.125 bits per heavy atom. The molecule has 0 aromatic heterocycles. The molecule has 0 saturated heterocycles. The van der Waals surface area contributed by atoms with Gasteiger partial charge in [0.05, 0.1) is 0 Å². The van der Waals surface area contributed by atoms with Gasteiger partial charge in [-0.1, -0.05) is 0 Å². The van der Waals surface area contributed by atoms with Crippen LogP contribution in [0, 0.1) is 0 Å². The highest BCUT2D eigenvalue weighted by atomic mass is 16.0. The van der Waals surface area contributed by atoms with Gasteiger partial charge in [-0.2, -0.15) is 0 Å². The summed E-state index contributed by atoms with van der Waals surface area (Å²) >= 11 is 0. The molecule has 0 aliphatic carbocycles. The standard InChI is InChI=1S/8H2O/h8*1H2. The first-order valence-corrected chi connectivity index (χ1v) is 0. The van der Waals surface area contributed by atoms with E-state index in [1.165, 1.54) is 0 Å². The normalized spacial score (nSPS) is 0. The third-order valence-electron chi connectivity index (χ3n) is 0. The molecule has 0 bridgehead atoms. The molecular formula is H16O8. The highest BCUT2D eigenvalue weighted by Gasteiger charge is -0.405. The van der Waals surface area contributed by atoms with Crippen LogP contribution in [0.3, 0.4) is 0 Å². The minimum Gasteiger partial charge on any atom is -0.412 e. The monoisotopic (exact) mass is 144 g/mol. The van der Waals surface area contributed by atoms with Crippen LogP contribution in [0.4, 0.5) is 0 Å². The quantitative estimate of drug-likeness (QED) is 0.307. The molecule has 0 aliphatic heterocycles. The Morgan fingerprint density at radius 1 is 0.125 bits per heavy atom. The van der Waals surface area contributed by atoms with Gasteiger partial charge >= 0.3 is 0 Å². The van der Waals surface area contributed by atoms with E-state index in [-0.39, 0.29) is 43.8 Å². The fourth-order valence-electron chi connectivity index (χ4n) is 0. The Balaban J connectivity index is 0. The summed E-state index contributed by atoms with van der Waals surface area (Å²) in [7, 11) is 0. The van der Waals surface area contributed by atoms with E-state index in [4.69, 9.17) is 0 Å². The highest BCUT2D eigenvalue weighted by molar-refractivity contribution is 0.831. The minimum absolute atomic E-state index is 0. The first kappa shape index (κ1) is 3350. The molecule has 0 radical (unpaired) electrons. The van der Waals surface area contributed by atoms with Gasteiger partial charge in [0.1, 0.15) is 0 Å². The second-order valence-corrected chi connectivity index (χ2v) is 0. The van der Waals surface area contributed by atoms with Gasteiger partial charge < -0.3 is 43.8 Å². The van der Waals surface area contributed by atoms with Crippen LogP contribution in [0.1, 0.15) is 0 Å². The third-order valence-corrected chi connectivity index (χ3v) is 0. The minimum atomic E-state index is 0.